The zero-order valence-electron chi connectivity index (χ0n) is 21.7. The molecule has 7 heteroatoms. The minimum Gasteiger partial charge on any atom is -0.384 e. The first-order chi connectivity index (χ1) is 17.1. The monoisotopic (exact) mass is 485 g/mol. The zero-order valence-corrected chi connectivity index (χ0v) is 21.7. The van der Waals surface area contributed by atoms with E-state index in [9.17, 15) is 14.7 Å². The van der Waals surface area contributed by atoms with Crippen LogP contribution in [0.25, 0.3) is 0 Å². The fraction of sp³-hybridized carbons (Fsp3) is 0.414. The number of hydrogen-bond acceptors (Lipinski definition) is 6. The van der Waals surface area contributed by atoms with Crippen molar-refractivity contribution >= 4 is 28.7 Å². The molecule has 1 aliphatic carbocycles. The van der Waals surface area contributed by atoms with Crippen LogP contribution in [0.3, 0.4) is 0 Å². The maximum absolute atomic E-state index is 13.7. The summed E-state index contributed by atoms with van der Waals surface area (Å²) >= 11 is 0. The van der Waals surface area contributed by atoms with E-state index in [1.54, 1.807) is 24.5 Å². The van der Waals surface area contributed by atoms with Crippen LogP contribution in [-0.2, 0) is 20.4 Å². The van der Waals surface area contributed by atoms with Crippen LogP contribution in [0, 0.1) is 5.92 Å². The van der Waals surface area contributed by atoms with Gasteiger partial charge in [-0.3, -0.25) is 19.6 Å². The summed E-state index contributed by atoms with van der Waals surface area (Å²) in [7, 11) is 0. The number of carbonyl (C=O) groups is 2. The molecule has 5 rings (SSSR count). The predicted molar refractivity (Wildman–Crippen MR) is 139 cm³/mol. The number of allylic oxidation sites excluding steroid dienone is 2. The molecule has 0 spiro atoms. The average Bonchev–Trinajstić information content (AvgIpc) is 3.31. The van der Waals surface area contributed by atoms with E-state index in [0.717, 1.165) is 34.2 Å². The van der Waals surface area contributed by atoms with Gasteiger partial charge in [0.2, 0.25) is 5.69 Å². The van der Waals surface area contributed by atoms with Crippen molar-refractivity contribution in [2.75, 3.05) is 18.0 Å². The Kier molecular flexibility index (Phi) is 5.59. The number of rotatable bonds is 4. The molecule has 2 aromatic heterocycles. The molecular weight excluding hydrogens is 452 g/mol. The normalized spacial score (nSPS) is 26.4. The van der Waals surface area contributed by atoms with Gasteiger partial charge in [-0.2, -0.15) is 4.58 Å². The van der Waals surface area contributed by atoms with Gasteiger partial charge >= 0.3 is 0 Å². The number of anilines is 1. The zero-order chi connectivity index (χ0) is 26.0. The molecule has 36 heavy (non-hydrogen) atoms. The number of fused-ring (bicyclic) bond motifs is 2. The van der Waals surface area contributed by atoms with E-state index in [1.165, 1.54) is 0 Å². The molecule has 0 radical (unpaired) electrons. The van der Waals surface area contributed by atoms with E-state index in [2.05, 4.69) is 33.3 Å². The number of aliphatic hydroxyl groups is 1. The number of nitrogens with zero attached hydrogens (tertiary/aromatic N) is 4. The summed E-state index contributed by atoms with van der Waals surface area (Å²) in [5, 5.41) is 11.0. The maximum atomic E-state index is 13.7. The van der Waals surface area contributed by atoms with Crippen LogP contribution in [0.1, 0.15) is 52.9 Å². The summed E-state index contributed by atoms with van der Waals surface area (Å²) < 4.78 is 2.09. The molecule has 2 aromatic rings. The lowest BCUT2D eigenvalue weighted by molar-refractivity contribution is -0.433. The molecular formula is C29H33N4O3+. The topological polar surface area (TPSA) is 86.4 Å². The lowest BCUT2D eigenvalue weighted by atomic mass is 9.83. The van der Waals surface area contributed by atoms with Gasteiger partial charge < -0.3 is 10.0 Å². The minimum atomic E-state index is -1.41. The number of aromatic nitrogens is 2. The lowest BCUT2D eigenvalue weighted by Crippen LogP contribution is -2.30. The maximum Gasteiger partial charge on any atom is 0.228 e. The first-order valence-electron chi connectivity index (χ1n) is 12.6. The van der Waals surface area contributed by atoms with Crippen molar-refractivity contribution in [1.29, 1.82) is 0 Å². The summed E-state index contributed by atoms with van der Waals surface area (Å²) in [5.74, 6) is -1.82. The largest absolute Gasteiger partial charge is 0.384 e. The quantitative estimate of drug-likeness (QED) is 0.404. The van der Waals surface area contributed by atoms with Crippen LogP contribution < -0.4 is 4.90 Å². The molecule has 0 aromatic carbocycles. The highest BCUT2D eigenvalue weighted by atomic mass is 16.3. The number of ketones is 2. The smallest absolute Gasteiger partial charge is 0.228 e. The molecule has 7 nitrogen and oxygen atoms in total. The highest BCUT2D eigenvalue weighted by Gasteiger charge is 2.50. The van der Waals surface area contributed by atoms with Crippen molar-refractivity contribution in [1.82, 2.24) is 9.97 Å². The van der Waals surface area contributed by atoms with Gasteiger partial charge in [-0.25, -0.2) is 0 Å². The molecule has 3 aliphatic rings. The molecule has 2 aliphatic heterocycles. The van der Waals surface area contributed by atoms with Crippen LogP contribution in [0.4, 0.5) is 11.4 Å². The van der Waals surface area contributed by atoms with Gasteiger partial charge in [0.25, 0.3) is 0 Å². The van der Waals surface area contributed by atoms with Crippen molar-refractivity contribution in [3.05, 3.63) is 71.5 Å². The van der Waals surface area contributed by atoms with Gasteiger partial charge in [0.1, 0.15) is 18.3 Å². The van der Waals surface area contributed by atoms with Crippen molar-refractivity contribution in [2.45, 2.75) is 58.5 Å². The molecule has 0 bridgehead atoms. The molecule has 4 heterocycles. The first kappa shape index (κ1) is 24.3. The fourth-order valence-electron chi connectivity index (χ4n) is 5.99. The molecule has 2 atom stereocenters. The number of pyridine rings is 2. The number of hydrogen-bond donors (Lipinski definition) is 1. The van der Waals surface area contributed by atoms with E-state index in [-0.39, 0.29) is 11.4 Å². The standard InChI is InChI=1S/C29H33N4O3/c1-7-32-19-11-9-13-30-26(19)28(3,4)21(32)15-17-23(34)18(25(36)24(17)35)16-22-29(5,6)27-20(33(22)8-2)12-10-14-31-27/h9-17,24,35H,7-8H2,1-6H3/q+1. The van der Waals surface area contributed by atoms with Crippen LogP contribution in [-0.4, -0.2) is 56.1 Å². The summed E-state index contributed by atoms with van der Waals surface area (Å²) in [6.45, 7) is 13.6. The number of carbonyl (C=O) groups excluding carboxylic acids is 2. The van der Waals surface area contributed by atoms with Crippen molar-refractivity contribution < 1.29 is 19.3 Å². The second kappa shape index (κ2) is 8.30. The van der Waals surface area contributed by atoms with Crippen LogP contribution >= 0.6 is 0 Å². The van der Waals surface area contributed by atoms with E-state index < -0.39 is 28.6 Å². The van der Waals surface area contributed by atoms with Gasteiger partial charge in [0, 0.05) is 42.2 Å². The average molecular weight is 486 g/mol. The van der Waals surface area contributed by atoms with Crippen LogP contribution in [0.2, 0.25) is 0 Å². The van der Waals surface area contributed by atoms with E-state index in [0.29, 0.717) is 13.1 Å². The lowest BCUT2D eigenvalue weighted by Gasteiger charge is -2.27. The van der Waals surface area contributed by atoms with E-state index >= 15 is 0 Å². The predicted octanol–water partition coefficient (Wildman–Crippen LogP) is 3.63. The van der Waals surface area contributed by atoms with Gasteiger partial charge in [-0.1, -0.05) is 6.08 Å². The summed E-state index contributed by atoms with van der Waals surface area (Å²) in [6, 6.07) is 7.81. The third-order valence-corrected chi connectivity index (χ3v) is 7.89. The Bertz CT molecular complexity index is 1380. The first-order valence-corrected chi connectivity index (χ1v) is 12.6. The molecule has 0 amide bonds. The Balaban J connectivity index is 1.58. The van der Waals surface area contributed by atoms with Gasteiger partial charge in [0.15, 0.2) is 17.3 Å². The second-order valence-electron chi connectivity index (χ2n) is 10.7. The Morgan fingerprint density at radius 1 is 1.00 bits per heavy atom. The number of likely N-dealkylation sites (N-methyl/N-ethyl adjacent to an activating group) is 1. The molecule has 1 saturated carbocycles. The Labute approximate surface area is 211 Å². The van der Waals surface area contributed by atoms with E-state index in [4.69, 9.17) is 0 Å². The molecule has 1 fully saturated rings. The third kappa shape index (κ3) is 3.25. The Hall–Kier alpha value is -3.45. The van der Waals surface area contributed by atoms with Gasteiger partial charge in [-0.05, 0) is 59.7 Å². The Morgan fingerprint density at radius 3 is 2.33 bits per heavy atom. The molecule has 2 unspecified atom stereocenters. The minimum absolute atomic E-state index is 0.0492. The molecule has 186 valence electrons. The Morgan fingerprint density at radius 2 is 1.67 bits per heavy atom. The van der Waals surface area contributed by atoms with Crippen molar-refractivity contribution in [3.8, 4) is 0 Å². The number of Topliss-reactive ketones (excluding diaryl/α,β-unsaturated/α-hetero) is 2. The molecule has 1 N–H and O–H groups in total. The summed E-state index contributed by atoms with van der Waals surface area (Å²) in [4.78, 5) is 38.3. The van der Waals surface area contributed by atoms with Crippen molar-refractivity contribution in [3.63, 3.8) is 0 Å². The summed E-state index contributed by atoms with van der Waals surface area (Å²) in [5.41, 5.74) is 4.62. The van der Waals surface area contributed by atoms with Gasteiger partial charge in [0.05, 0.1) is 28.3 Å². The third-order valence-electron chi connectivity index (χ3n) is 7.89. The fourth-order valence-corrected chi connectivity index (χ4v) is 5.99. The van der Waals surface area contributed by atoms with Crippen molar-refractivity contribution in [2.24, 2.45) is 5.92 Å². The van der Waals surface area contributed by atoms with E-state index in [1.807, 2.05) is 52.0 Å². The van der Waals surface area contributed by atoms with Crippen LogP contribution in [0.5, 0.6) is 0 Å². The second-order valence-corrected chi connectivity index (χ2v) is 10.7. The number of aliphatic hydroxyl groups excluding tert-OH is 1. The van der Waals surface area contributed by atoms with Crippen LogP contribution in [0.15, 0.2) is 60.1 Å². The summed E-state index contributed by atoms with van der Waals surface area (Å²) in [6.07, 6.45) is 5.59. The molecule has 0 saturated heterocycles. The highest BCUT2D eigenvalue weighted by Crippen LogP contribution is 2.47. The SMILES string of the molecule is CCN1C(=CC2C(=O)C(=CC3=[N+](CC)c4cccnc4C3(C)C)C(=O)C2O)C(C)(C)c2ncccc21. The van der Waals surface area contributed by atoms with Gasteiger partial charge in [-0.15, -0.1) is 0 Å². The highest BCUT2D eigenvalue weighted by molar-refractivity contribution is 6.31.